The molecule has 1 amide bonds. The lowest BCUT2D eigenvalue weighted by Gasteiger charge is -2.35. The molecule has 0 unspecified atom stereocenters. The van der Waals surface area contributed by atoms with Gasteiger partial charge in [0.05, 0.1) is 11.9 Å². The van der Waals surface area contributed by atoms with E-state index in [9.17, 15) is 4.79 Å². The van der Waals surface area contributed by atoms with E-state index in [4.69, 9.17) is 0 Å². The van der Waals surface area contributed by atoms with Crippen LogP contribution in [0.3, 0.4) is 0 Å². The average Bonchev–Trinajstić information content (AvgIpc) is 2.84. The first kappa shape index (κ1) is 18.6. The molecule has 0 spiro atoms. The molecule has 2 aliphatic rings. The molecule has 0 bridgehead atoms. The maximum Gasteiger partial charge on any atom is 0.272 e. The third-order valence-corrected chi connectivity index (χ3v) is 6.00. The summed E-state index contributed by atoms with van der Waals surface area (Å²) in [5.41, 5.74) is 4.39. The molecule has 3 aromatic rings. The zero-order chi connectivity index (χ0) is 20.3. The van der Waals surface area contributed by atoms with Crippen molar-refractivity contribution in [2.45, 2.75) is 13.0 Å². The zero-order valence-electron chi connectivity index (χ0n) is 16.9. The van der Waals surface area contributed by atoms with Crippen LogP contribution >= 0.6 is 0 Å². The van der Waals surface area contributed by atoms with Crippen molar-refractivity contribution in [1.82, 2.24) is 14.9 Å². The first-order valence-corrected chi connectivity index (χ1v) is 10.5. The van der Waals surface area contributed by atoms with Gasteiger partial charge >= 0.3 is 0 Å². The van der Waals surface area contributed by atoms with E-state index in [0.717, 1.165) is 44.1 Å². The van der Waals surface area contributed by atoms with Crippen molar-refractivity contribution in [3.63, 3.8) is 0 Å². The summed E-state index contributed by atoms with van der Waals surface area (Å²) in [5, 5.41) is 0. The second-order valence-electron chi connectivity index (χ2n) is 7.81. The third kappa shape index (κ3) is 3.73. The Morgan fingerprint density at radius 3 is 2.30 bits per heavy atom. The Kier molecular flexibility index (Phi) is 5.05. The summed E-state index contributed by atoms with van der Waals surface area (Å²) >= 11 is 0. The Morgan fingerprint density at radius 1 is 0.767 bits per heavy atom. The first-order chi connectivity index (χ1) is 14.8. The average molecular weight is 399 g/mol. The Bertz CT molecular complexity index is 1010. The van der Waals surface area contributed by atoms with Crippen molar-refractivity contribution in [3.8, 4) is 0 Å². The van der Waals surface area contributed by atoms with Gasteiger partial charge in [0.25, 0.3) is 5.91 Å². The molecule has 0 aliphatic carbocycles. The van der Waals surface area contributed by atoms with Gasteiger partial charge in [0.15, 0.2) is 0 Å². The molecule has 1 aromatic carbocycles. The number of hydrogen-bond acceptors (Lipinski definition) is 5. The lowest BCUT2D eigenvalue weighted by Crippen LogP contribution is -2.49. The maximum absolute atomic E-state index is 12.9. The molecule has 2 aromatic heterocycles. The van der Waals surface area contributed by atoms with E-state index >= 15 is 0 Å². The zero-order valence-corrected chi connectivity index (χ0v) is 16.9. The number of benzene rings is 1. The van der Waals surface area contributed by atoms with E-state index in [1.54, 1.807) is 6.20 Å². The van der Waals surface area contributed by atoms with E-state index in [1.165, 1.54) is 11.1 Å². The summed E-state index contributed by atoms with van der Waals surface area (Å²) in [5.74, 6) is 0.974. The minimum Gasteiger partial charge on any atom is -0.366 e. The Hall–Kier alpha value is -3.41. The van der Waals surface area contributed by atoms with Gasteiger partial charge in [-0.05, 0) is 41.8 Å². The van der Waals surface area contributed by atoms with Gasteiger partial charge < -0.3 is 14.7 Å². The summed E-state index contributed by atoms with van der Waals surface area (Å²) in [7, 11) is 0. The van der Waals surface area contributed by atoms with Crippen molar-refractivity contribution < 1.29 is 4.79 Å². The van der Waals surface area contributed by atoms with Crippen LogP contribution in [0.25, 0.3) is 0 Å². The van der Waals surface area contributed by atoms with E-state index in [0.29, 0.717) is 18.8 Å². The summed E-state index contributed by atoms with van der Waals surface area (Å²) in [6.45, 7) is 4.80. The second kappa shape index (κ2) is 8.14. The molecule has 4 heterocycles. The molecule has 1 saturated heterocycles. The van der Waals surface area contributed by atoms with Crippen molar-refractivity contribution in [2.24, 2.45) is 0 Å². The topological polar surface area (TPSA) is 52.6 Å². The second-order valence-corrected chi connectivity index (χ2v) is 7.81. The number of rotatable bonds is 3. The van der Waals surface area contributed by atoms with Gasteiger partial charge in [-0.15, -0.1) is 0 Å². The predicted octanol–water partition coefficient (Wildman–Crippen LogP) is 3.00. The number of aromatic nitrogens is 2. The van der Waals surface area contributed by atoms with Crippen LogP contribution in [0.2, 0.25) is 0 Å². The van der Waals surface area contributed by atoms with Crippen molar-refractivity contribution in [3.05, 3.63) is 83.8 Å². The Balaban J connectivity index is 1.21. The third-order valence-electron chi connectivity index (χ3n) is 6.00. The summed E-state index contributed by atoms with van der Waals surface area (Å²) in [4.78, 5) is 28.3. The highest BCUT2D eigenvalue weighted by Gasteiger charge is 2.24. The van der Waals surface area contributed by atoms with Gasteiger partial charge in [-0.25, -0.2) is 9.97 Å². The molecule has 6 heteroatoms. The lowest BCUT2D eigenvalue weighted by atomic mass is 10.00. The number of pyridine rings is 2. The number of nitrogens with zero attached hydrogens (tertiary/aromatic N) is 5. The summed E-state index contributed by atoms with van der Waals surface area (Å²) in [6, 6.07) is 18.4. The fraction of sp³-hybridized carbons (Fsp3) is 0.292. The van der Waals surface area contributed by atoms with Crippen LogP contribution in [0.5, 0.6) is 0 Å². The number of anilines is 2. The highest BCUT2D eigenvalue weighted by molar-refractivity contribution is 5.92. The smallest absolute Gasteiger partial charge is 0.272 e. The molecular formula is C24H25N5O. The van der Waals surface area contributed by atoms with Gasteiger partial charge in [0, 0.05) is 45.5 Å². The van der Waals surface area contributed by atoms with Crippen LogP contribution in [0, 0.1) is 0 Å². The van der Waals surface area contributed by atoms with Gasteiger partial charge in [-0.1, -0.05) is 30.3 Å². The Labute approximate surface area is 176 Å². The quantitative estimate of drug-likeness (QED) is 0.678. The van der Waals surface area contributed by atoms with E-state index in [2.05, 4.69) is 44.0 Å². The van der Waals surface area contributed by atoms with E-state index in [-0.39, 0.29) is 5.91 Å². The molecule has 5 rings (SSSR count). The normalized spacial score (nSPS) is 16.3. The minimum atomic E-state index is 0.00575. The molecule has 30 heavy (non-hydrogen) atoms. The molecule has 0 N–H and O–H groups in total. The number of carbonyl (C=O) groups is 1. The SMILES string of the molecule is O=C(c1ccc(N2CCc3ccccc3C2)cn1)N1CCN(c2ccccn2)CC1. The van der Waals surface area contributed by atoms with Gasteiger partial charge in [-0.3, -0.25) is 4.79 Å². The van der Waals surface area contributed by atoms with Gasteiger partial charge in [0.1, 0.15) is 11.5 Å². The molecule has 0 atom stereocenters. The fourth-order valence-corrected chi connectivity index (χ4v) is 4.26. The van der Waals surface area contributed by atoms with Crippen LogP contribution < -0.4 is 9.80 Å². The highest BCUT2D eigenvalue weighted by atomic mass is 16.2. The molecule has 6 nitrogen and oxygen atoms in total. The van der Waals surface area contributed by atoms with Gasteiger partial charge in [0.2, 0.25) is 0 Å². The highest BCUT2D eigenvalue weighted by Crippen LogP contribution is 2.24. The predicted molar refractivity (Wildman–Crippen MR) is 118 cm³/mol. The number of fused-ring (bicyclic) bond motifs is 1. The lowest BCUT2D eigenvalue weighted by molar-refractivity contribution is 0.0740. The van der Waals surface area contributed by atoms with Crippen molar-refractivity contribution in [1.29, 1.82) is 0 Å². The number of hydrogen-bond donors (Lipinski definition) is 0. The summed E-state index contributed by atoms with van der Waals surface area (Å²) in [6.07, 6.45) is 4.68. The van der Waals surface area contributed by atoms with Gasteiger partial charge in [-0.2, -0.15) is 0 Å². The first-order valence-electron chi connectivity index (χ1n) is 10.5. The maximum atomic E-state index is 12.9. The fourth-order valence-electron chi connectivity index (χ4n) is 4.26. The molecule has 2 aliphatic heterocycles. The number of carbonyl (C=O) groups excluding carboxylic acids is 1. The molecule has 0 radical (unpaired) electrons. The number of amides is 1. The summed E-state index contributed by atoms with van der Waals surface area (Å²) < 4.78 is 0. The van der Waals surface area contributed by atoms with Crippen LogP contribution in [-0.2, 0) is 13.0 Å². The van der Waals surface area contributed by atoms with Crippen molar-refractivity contribution in [2.75, 3.05) is 42.5 Å². The number of piperazine rings is 1. The van der Waals surface area contributed by atoms with Crippen LogP contribution in [0.4, 0.5) is 11.5 Å². The monoisotopic (exact) mass is 399 g/mol. The van der Waals surface area contributed by atoms with Crippen LogP contribution in [-0.4, -0.2) is 53.5 Å². The van der Waals surface area contributed by atoms with Crippen molar-refractivity contribution >= 4 is 17.4 Å². The Morgan fingerprint density at radius 2 is 1.57 bits per heavy atom. The minimum absolute atomic E-state index is 0.00575. The molecule has 0 saturated carbocycles. The van der Waals surface area contributed by atoms with E-state index < -0.39 is 0 Å². The largest absolute Gasteiger partial charge is 0.366 e. The van der Waals surface area contributed by atoms with Crippen LogP contribution in [0.1, 0.15) is 21.6 Å². The van der Waals surface area contributed by atoms with E-state index in [1.807, 2.05) is 41.4 Å². The molecular weight excluding hydrogens is 374 g/mol. The standard InChI is InChI=1S/C24H25N5O/c30-24(28-15-13-27(14-16-28)23-7-3-4-11-25-23)22-9-8-21(17-26-22)29-12-10-19-5-1-2-6-20(19)18-29/h1-9,11,17H,10,12-16,18H2. The molecule has 1 fully saturated rings. The molecule has 152 valence electrons. The van der Waals surface area contributed by atoms with Crippen LogP contribution in [0.15, 0.2) is 67.0 Å².